The highest BCUT2D eigenvalue weighted by Crippen LogP contribution is 2.23. The Bertz CT molecular complexity index is 622. The molecule has 3 rings (SSSR count). The molecular weight excluding hydrogens is 256 g/mol. The standard InChI is InChI=1S/C17H18N2.C2H6/c1-2-13-6-8-14(9-7-13)10-11-17-15-4-3-5-16(15)18-12-19-17;1-2/h3-9,12H,2,10-11H2,1H3,(H,18,19);1-2H3. The summed E-state index contributed by atoms with van der Waals surface area (Å²) < 4.78 is 0. The molecule has 0 atom stereocenters. The van der Waals surface area contributed by atoms with Gasteiger partial charge in [-0.05, 0) is 36.5 Å². The molecule has 0 spiro atoms. The molecule has 0 radical (unpaired) electrons. The van der Waals surface area contributed by atoms with E-state index < -0.39 is 0 Å². The summed E-state index contributed by atoms with van der Waals surface area (Å²) in [6, 6.07) is 15.2. The van der Waals surface area contributed by atoms with Crippen molar-refractivity contribution in [2.24, 2.45) is 0 Å². The summed E-state index contributed by atoms with van der Waals surface area (Å²) in [7, 11) is 0. The lowest BCUT2D eigenvalue weighted by atomic mass is 10.0. The predicted molar refractivity (Wildman–Crippen MR) is 89.8 cm³/mol. The van der Waals surface area contributed by atoms with Gasteiger partial charge in [0.15, 0.2) is 0 Å². The van der Waals surface area contributed by atoms with E-state index in [0.717, 1.165) is 25.0 Å². The zero-order valence-corrected chi connectivity index (χ0v) is 13.2. The Labute approximate surface area is 127 Å². The van der Waals surface area contributed by atoms with Gasteiger partial charge in [0.1, 0.15) is 0 Å². The Kier molecular flexibility index (Phi) is 5.56. The van der Waals surface area contributed by atoms with Crippen molar-refractivity contribution in [3.05, 3.63) is 65.6 Å². The molecule has 0 bridgehead atoms. The van der Waals surface area contributed by atoms with E-state index in [1.165, 1.54) is 22.4 Å². The van der Waals surface area contributed by atoms with E-state index >= 15 is 0 Å². The zero-order valence-electron chi connectivity index (χ0n) is 13.2. The molecule has 21 heavy (non-hydrogen) atoms. The quantitative estimate of drug-likeness (QED) is 0.724. The maximum absolute atomic E-state index is 4.32. The smallest absolute Gasteiger partial charge is 0.0928 e. The number of benzene rings is 1. The van der Waals surface area contributed by atoms with E-state index in [4.69, 9.17) is 0 Å². The molecule has 110 valence electrons. The minimum Gasteiger partial charge on any atom is -0.349 e. The Morgan fingerprint density at radius 2 is 1.62 bits per heavy atom. The van der Waals surface area contributed by atoms with Gasteiger partial charge in [-0.2, -0.15) is 0 Å². The van der Waals surface area contributed by atoms with E-state index in [1.807, 2.05) is 13.8 Å². The number of aryl methyl sites for hydroxylation is 3. The Balaban J connectivity index is 0.000000774. The third-order valence-corrected chi connectivity index (χ3v) is 3.66. The second kappa shape index (κ2) is 7.63. The van der Waals surface area contributed by atoms with Crippen LogP contribution in [0.4, 0.5) is 0 Å². The topological polar surface area (TPSA) is 28.7 Å². The molecule has 0 saturated carbocycles. The molecule has 0 unspecified atom stereocenters. The lowest BCUT2D eigenvalue weighted by molar-refractivity contribution is 0.902. The van der Waals surface area contributed by atoms with Crippen molar-refractivity contribution in [2.45, 2.75) is 40.0 Å². The number of hydrogen-bond donors (Lipinski definition) is 1. The van der Waals surface area contributed by atoms with Crippen LogP contribution in [0.25, 0.3) is 11.3 Å². The predicted octanol–water partition coefficient (Wildman–Crippen LogP) is 4.89. The van der Waals surface area contributed by atoms with Gasteiger partial charge in [-0.15, -0.1) is 0 Å². The normalized spacial score (nSPS) is 10.2. The van der Waals surface area contributed by atoms with Gasteiger partial charge in [-0.25, -0.2) is 4.98 Å². The van der Waals surface area contributed by atoms with E-state index in [-0.39, 0.29) is 0 Å². The maximum atomic E-state index is 4.32. The second-order valence-electron chi connectivity index (χ2n) is 4.88. The lowest BCUT2D eigenvalue weighted by Gasteiger charge is -2.08. The van der Waals surface area contributed by atoms with Crippen LogP contribution in [0, 0.1) is 0 Å². The third-order valence-electron chi connectivity index (χ3n) is 3.66. The van der Waals surface area contributed by atoms with Gasteiger partial charge in [-0.1, -0.05) is 57.2 Å². The summed E-state index contributed by atoms with van der Waals surface area (Å²) in [4.78, 5) is 7.60. The molecule has 1 heterocycles. The van der Waals surface area contributed by atoms with Crippen molar-refractivity contribution in [2.75, 3.05) is 0 Å². The summed E-state index contributed by atoms with van der Waals surface area (Å²) in [5.41, 5.74) is 6.39. The Hall–Kier alpha value is -2.09. The summed E-state index contributed by atoms with van der Waals surface area (Å²) in [5, 5.41) is 0. The molecule has 1 aliphatic heterocycles. The van der Waals surface area contributed by atoms with Gasteiger partial charge in [-0.3, -0.25) is 0 Å². The average Bonchev–Trinajstić information content (AvgIpc) is 3.04. The first-order chi connectivity index (χ1) is 10.4. The van der Waals surface area contributed by atoms with Crippen molar-refractivity contribution in [1.29, 1.82) is 0 Å². The first-order valence-electron chi connectivity index (χ1n) is 7.85. The summed E-state index contributed by atoms with van der Waals surface area (Å²) >= 11 is 0. The molecule has 1 N–H and O–H groups in total. The van der Waals surface area contributed by atoms with Crippen LogP contribution >= 0.6 is 0 Å². The van der Waals surface area contributed by atoms with Crippen molar-refractivity contribution < 1.29 is 0 Å². The number of aromatic amines is 1. The van der Waals surface area contributed by atoms with E-state index in [2.05, 4.69) is 59.4 Å². The van der Waals surface area contributed by atoms with Crippen molar-refractivity contribution in [3.8, 4) is 11.3 Å². The molecule has 0 fully saturated rings. The second-order valence-corrected chi connectivity index (χ2v) is 4.88. The molecule has 0 saturated heterocycles. The van der Waals surface area contributed by atoms with Gasteiger partial charge in [0, 0.05) is 11.3 Å². The van der Waals surface area contributed by atoms with E-state index in [0.29, 0.717) is 0 Å². The molecule has 0 amide bonds. The number of fused-ring (bicyclic) bond motifs is 1. The number of nitrogens with zero attached hydrogens (tertiary/aromatic N) is 1. The van der Waals surface area contributed by atoms with Crippen LogP contribution in [0.3, 0.4) is 0 Å². The summed E-state index contributed by atoms with van der Waals surface area (Å²) in [5.74, 6) is 0. The fourth-order valence-electron chi connectivity index (χ4n) is 2.45. The Morgan fingerprint density at radius 3 is 2.33 bits per heavy atom. The van der Waals surface area contributed by atoms with Crippen LogP contribution in [-0.2, 0) is 19.3 Å². The van der Waals surface area contributed by atoms with Gasteiger partial charge < -0.3 is 4.98 Å². The van der Waals surface area contributed by atoms with Gasteiger partial charge >= 0.3 is 0 Å². The van der Waals surface area contributed by atoms with Crippen LogP contribution in [0.2, 0.25) is 0 Å². The molecule has 2 heteroatoms. The highest BCUT2D eigenvalue weighted by Gasteiger charge is 2.08. The average molecular weight is 280 g/mol. The minimum atomic E-state index is 1.02. The summed E-state index contributed by atoms with van der Waals surface area (Å²) in [6.07, 6.45) is 4.98. The molecule has 2 nitrogen and oxygen atoms in total. The zero-order chi connectivity index (χ0) is 15.1. The highest BCUT2D eigenvalue weighted by atomic mass is 14.8. The van der Waals surface area contributed by atoms with Gasteiger partial charge in [0.2, 0.25) is 0 Å². The number of rotatable bonds is 4. The fraction of sp³-hybridized carbons (Fsp3) is 0.316. The SMILES string of the molecule is CC.CCc1ccc(CCc2[nH]cnc3cccc2-3)cc1. The monoisotopic (exact) mass is 280 g/mol. The minimum absolute atomic E-state index is 1.02. The van der Waals surface area contributed by atoms with Gasteiger partial charge in [0.25, 0.3) is 0 Å². The number of aromatic nitrogens is 2. The van der Waals surface area contributed by atoms with Crippen molar-refractivity contribution in [1.82, 2.24) is 9.97 Å². The van der Waals surface area contributed by atoms with Gasteiger partial charge in [0.05, 0.1) is 12.0 Å². The molecule has 1 aliphatic carbocycles. The van der Waals surface area contributed by atoms with Crippen LogP contribution in [-0.4, -0.2) is 9.97 Å². The number of H-pyrrole nitrogens is 1. The first kappa shape index (κ1) is 15.3. The maximum Gasteiger partial charge on any atom is 0.0928 e. The Morgan fingerprint density at radius 1 is 0.905 bits per heavy atom. The van der Waals surface area contributed by atoms with Crippen molar-refractivity contribution in [3.63, 3.8) is 0 Å². The van der Waals surface area contributed by atoms with Crippen LogP contribution in [0.5, 0.6) is 0 Å². The van der Waals surface area contributed by atoms with Crippen LogP contribution < -0.4 is 0 Å². The molecule has 1 aromatic rings. The first-order valence-corrected chi connectivity index (χ1v) is 7.85. The molecule has 1 aromatic carbocycles. The lowest BCUT2D eigenvalue weighted by Crippen LogP contribution is -1.98. The third kappa shape index (κ3) is 3.72. The molecule has 0 aromatic heterocycles. The molecule has 2 aliphatic rings. The largest absolute Gasteiger partial charge is 0.349 e. The van der Waals surface area contributed by atoms with E-state index in [9.17, 15) is 0 Å². The summed E-state index contributed by atoms with van der Waals surface area (Å²) in [6.45, 7) is 6.19. The molecular formula is C19H24N2. The fourth-order valence-corrected chi connectivity index (χ4v) is 2.45. The van der Waals surface area contributed by atoms with Crippen LogP contribution in [0.1, 0.15) is 37.6 Å². The number of hydrogen-bond acceptors (Lipinski definition) is 1. The van der Waals surface area contributed by atoms with E-state index in [1.54, 1.807) is 6.33 Å². The van der Waals surface area contributed by atoms with Crippen LogP contribution in [0.15, 0.2) is 48.8 Å². The van der Waals surface area contributed by atoms with Crippen molar-refractivity contribution >= 4 is 0 Å². The highest BCUT2D eigenvalue weighted by molar-refractivity contribution is 5.64. The number of nitrogens with one attached hydrogen (secondary N) is 1.